The van der Waals surface area contributed by atoms with Crippen LogP contribution in [-0.2, 0) is 6.54 Å². The van der Waals surface area contributed by atoms with Crippen molar-refractivity contribution in [3.8, 4) is 6.07 Å². The topological polar surface area (TPSA) is 71.6 Å². The van der Waals surface area contributed by atoms with E-state index in [-0.39, 0.29) is 28.7 Å². The molecule has 19 heavy (non-hydrogen) atoms. The second-order valence-electron chi connectivity index (χ2n) is 3.88. The number of aryl methyl sites for hydroxylation is 1. The van der Waals surface area contributed by atoms with Crippen LogP contribution in [0.2, 0.25) is 5.02 Å². The fourth-order valence-electron chi connectivity index (χ4n) is 1.53. The Morgan fingerprint density at radius 2 is 2.32 bits per heavy atom. The van der Waals surface area contributed by atoms with E-state index < -0.39 is 5.82 Å². The van der Waals surface area contributed by atoms with E-state index in [9.17, 15) is 9.18 Å². The lowest BCUT2D eigenvalue weighted by Crippen LogP contribution is -2.12. The van der Waals surface area contributed by atoms with Crippen molar-refractivity contribution in [2.45, 2.75) is 13.5 Å². The first-order valence-electron chi connectivity index (χ1n) is 5.29. The van der Waals surface area contributed by atoms with Gasteiger partial charge >= 0.3 is 0 Å². The summed E-state index contributed by atoms with van der Waals surface area (Å²) in [6.45, 7) is 1.44. The number of hydrogen-bond donors (Lipinski definition) is 0. The number of aromatic nitrogens is 3. The molecule has 0 fully saturated rings. The van der Waals surface area contributed by atoms with E-state index in [0.29, 0.717) is 5.56 Å². The predicted molar refractivity (Wildman–Crippen MR) is 65.2 cm³/mol. The largest absolute Gasteiger partial charge is 0.292 e. The van der Waals surface area contributed by atoms with Crippen LogP contribution in [0.25, 0.3) is 0 Å². The number of nitrogens with zero attached hydrogens (tertiary/aromatic N) is 4. The lowest BCUT2D eigenvalue weighted by molar-refractivity contribution is 0.0967. The first-order valence-corrected chi connectivity index (χ1v) is 5.67. The van der Waals surface area contributed by atoms with Crippen molar-refractivity contribution in [2.24, 2.45) is 0 Å². The SMILES string of the molecule is Cc1cc(C(=O)Cn2cnc(C#N)n2)c(Cl)cc1F. The van der Waals surface area contributed by atoms with Gasteiger partial charge in [-0.15, -0.1) is 5.10 Å². The normalized spacial score (nSPS) is 10.2. The molecule has 0 N–H and O–H groups in total. The molecule has 0 aliphatic carbocycles. The minimum atomic E-state index is -0.464. The molecule has 0 bridgehead atoms. The van der Waals surface area contributed by atoms with Gasteiger partial charge in [-0.1, -0.05) is 11.6 Å². The van der Waals surface area contributed by atoms with Gasteiger partial charge in [0.15, 0.2) is 5.78 Å². The molecule has 0 aliphatic rings. The molecule has 7 heteroatoms. The fraction of sp³-hybridized carbons (Fsp3) is 0.167. The summed E-state index contributed by atoms with van der Waals surface area (Å²) in [6, 6.07) is 4.25. The van der Waals surface area contributed by atoms with E-state index in [0.717, 1.165) is 6.07 Å². The van der Waals surface area contributed by atoms with Gasteiger partial charge in [-0.25, -0.2) is 14.1 Å². The summed E-state index contributed by atoms with van der Waals surface area (Å²) in [6.07, 6.45) is 1.28. The Hall–Kier alpha value is -2.26. The number of carbonyl (C=O) groups is 1. The Bertz CT molecular complexity index is 690. The van der Waals surface area contributed by atoms with Crippen LogP contribution in [0.5, 0.6) is 0 Å². The summed E-state index contributed by atoms with van der Waals surface area (Å²) in [5, 5.41) is 12.4. The van der Waals surface area contributed by atoms with E-state index in [2.05, 4.69) is 10.1 Å². The Kier molecular flexibility index (Phi) is 3.58. The molecule has 2 aromatic rings. The quantitative estimate of drug-likeness (QED) is 0.806. The first kappa shape index (κ1) is 13.2. The highest BCUT2D eigenvalue weighted by molar-refractivity contribution is 6.34. The number of halogens is 2. The molecule has 0 amide bonds. The van der Waals surface area contributed by atoms with Crippen LogP contribution in [-0.4, -0.2) is 20.5 Å². The summed E-state index contributed by atoms with van der Waals surface area (Å²) >= 11 is 5.84. The van der Waals surface area contributed by atoms with Crippen molar-refractivity contribution in [3.05, 3.63) is 46.3 Å². The molecule has 0 saturated carbocycles. The third kappa shape index (κ3) is 2.77. The third-order valence-corrected chi connectivity index (χ3v) is 2.80. The van der Waals surface area contributed by atoms with E-state index >= 15 is 0 Å². The van der Waals surface area contributed by atoms with Gasteiger partial charge in [0.1, 0.15) is 24.8 Å². The van der Waals surface area contributed by atoms with Crippen molar-refractivity contribution in [1.29, 1.82) is 5.26 Å². The van der Waals surface area contributed by atoms with E-state index in [1.54, 1.807) is 13.0 Å². The van der Waals surface area contributed by atoms with Crippen molar-refractivity contribution in [3.63, 3.8) is 0 Å². The van der Waals surface area contributed by atoms with Gasteiger partial charge in [-0.2, -0.15) is 5.26 Å². The molecule has 0 atom stereocenters. The van der Waals surface area contributed by atoms with Crippen molar-refractivity contribution in [2.75, 3.05) is 0 Å². The Morgan fingerprint density at radius 1 is 1.58 bits per heavy atom. The summed E-state index contributed by atoms with van der Waals surface area (Å²) in [4.78, 5) is 15.7. The van der Waals surface area contributed by atoms with Gasteiger partial charge in [-0.3, -0.25) is 4.79 Å². The molecule has 0 saturated heterocycles. The van der Waals surface area contributed by atoms with Gasteiger partial charge < -0.3 is 0 Å². The van der Waals surface area contributed by atoms with Crippen LogP contribution in [0.4, 0.5) is 4.39 Å². The van der Waals surface area contributed by atoms with Crippen LogP contribution in [0, 0.1) is 24.1 Å². The minimum Gasteiger partial charge on any atom is -0.292 e. The molecule has 96 valence electrons. The van der Waals surface area contributed by atoms with E-state index in [1.165, 1.54) is 17.1 Å². The van der Waals surface area contributed by atoms with Gasteiger partial charge in [-0.05, 0) is 24.6 Å². The number of hydrogen-bond acceptors (Lipinski definition) is 4. The van der Waals surface area contributed by atoms with Crippen molar-refractivity contribution < 1.29 is 9.18 Å². The van der Waals surface area contributed by atoms with Crippen LogP contribution >= 0.6 is 11.6 Å². The molecular weight excluding hydrogens is 271 g/mol. The molecular formula is C12H8ClFN4O. The number of ketones is 1. The second-order valence-corrected chi connectivity index (χ2v) is 4.29. The highest BCUT2D eigenvalue weighted by atomic mass is 35.5. The van der Waals surface area contributed by atoms with Crippen molar-refractivity contribution >= 4 is 17.4 Å². The maximum atomic E-state index is 13.2. The predicted octanol–water partition coefficient (Wildman–Crippen LogP) is 2.13. The number of Topliss-reactive ketones (excluding diaryl/α,β-unsaturated/α-hetero) is 1. The lowest BCUT2D eigenvalue weighted by atomic mass is 10.1. The number of nitriles is 1. The summed E-state index contributed by atoms with van der Waals surface area (Å²) in [5.41, 5.74) is 0.554. The number of carbonyl (C=O) groups excluding carboxylic acids is 1. The zero-order chi connectivity index (χ0) is 14.0. The maximum absolute atomic E-state index is 13.2. The van der Waals surface area contributed by atoms with Crippen LogP contribution < -0.4 is 0 Å². The lowest BCUT2D eigenvalue weighted by Gasteiger charge is -2.05. The summed E-state index contributed by atoms with van der Waals surface area (Å²) in [5.74, 6) is -0.814. The minimum absolute atomic E-state index is 0.0193. The molecule has 0 radical (unpaired) electrons. The Morgan fingerprint density at radius 3 is 2.95 bits per heavy atom. The average molecular weight is 279 g/mol. The maximum Gasteiger partial charge on any atom is 0.252 e. The second kappa shape index (κ2) is 5.16. The highest BCUT2D eigenvalue weighted by Crippen LogP contribution is 2.21. The third-order valence-electron chi connectivity index (χ3n) is 2.49. The van der Waals surface area contributed by atoms with Crippen molar-refractivity contribution in [1.82, 2.24) is 14.8 Å². The first-order chi connectivity index (χ1) is 9.01. The van der Waals surface area contributed by atoms with Crippen LogP contribution in [0.1, 0.15) is 21.7 Å². The zero-order valence-electron chi connectivity index (χ0n) is 9.89. The molecule has 0 spiro atoms. The van der Waals surface area contributed by atoms with Gasteiger partial charge in [0.05, 0.1) is 5.02 Å². The number of benzene rings is 1. The average Bonchev–Trinajstić information content (AvgIpc) is 2.81. The zero-order valence-corrected chi connectivity index (χ0v) is 10.6. The fourth-order valence-corrected chi connectivity index (χ4v) is 1.78. The molecule has 0 aliphatic heterocycles. The van der Waals surface area contributed by atoms with Gasteiger partial charge in [0.2, 0.25) is 0 Å². The molecule has 0 unspecified atom stereocenters. The van der Waals surface area contributed by atoms with Crippen LogP contribution in [0.15, 0.2) is 18.5 Å². The summed E-state index contributed by atoms with van der Waals surface area (Å²) in [7, 11) is 0. The van der Waals surface area contributed by atoms with Gasteiger partial charge in [0.25, 0.3) is 5.82 Å². The monoisotopic (exact) mass is 278 g/mol. The Balaban J connectivity index is 2.25. The number of rotatable bonds is 3. The van der Waals surface area contributed by atoms with E-state index in [4.69, 9.17) is 16.9 Å². The standard InChI is InChI=1S/C12H8ClFN4O/c1-7-2-8(9(13)3-10(7)14)11(19)5-18-6-16-12(4-15)17-18/h2-3,6H,5H2,1H3. The van der Waals surface area contributed by atoms with E-state index in [1.807, 2.05) is 0 Å². The molecule has 1 heterocycles. The molecule has 1 aromatic heterocycles. The highest BCUT2D eigenvalue weighted by Gasteiger charge is 2.14. The Labute approximate surface area is 113 Å². The smallest absolute Gasteiger partial charge is 0.252 e. The molecule has 5 nitrogen and oxygen atoms in total. The molecule has 1 aromatic carbocycles. The summed E-state index contributed by atoms with van der Waals surface area (Å²) < 4.78 is 14.5. The molecule has 2 rings (SSSR count). The van der Waals surface area contributed by atoms with Gasteiger partial charge in [0, 0.05) is 5.56 Å². The van der Waals surface area contributed by atoms with Crippen LogP contribution in [0.3, 0.4) is 0 Å².